The average Bonchev–Trinajstić information content (AvgIpc) is 2.88. The van der Waals surface area contributed by atoms with Crippen LogP contribution < -0.4 is 5.32 Å². The molecule has 0 spiro atoms. The lowest BCUT2D eigenvalue weighted by atomic mass is 10.1. The number of likely N-dealkylation sites (N-methyl/N-ethyl adjacent to an activating group) is 1. The number of furan rings is 1. The quantitative estimate of drug-likeness (QED) is 0.927. The van der Waals surface area contributed by atoms with Gasteiger partial charge in [-0.25, -0.2) is 0 Å². The Balaban J connectivity index is 2.15. The van der Waals surface area contributed by atoms with Crippen molar-refractivity contribution in [3.63, 3.8) is 0 Å². The van der Waals surface area contributed by atoms with Crippen LogP contribution in [0.4, 0.5) is 13.2 Å². The van der Waals surface area contributed by atoms with Gasteiger partial charge in [0.05, 0.1) is 23.6 Å². The first-order valence-electron chi connectivity index (χ1n) is 5.73. The first-order chi connectivity index (χ1) is 9.00. The summed E-state index contributed by atoms with van der Waals surface area (Å²) in [5.74, 6) is 0.751. The van der Waals surface area contributed by atoms with E-state index < -0.39 is 11.7 Å². The molecule has 2 aromatic rings. The Morgan fingerprint density at radius 2 is 2.11 bits per heavy atom. The minimum Gasteiger partial charge on any atom is -0.469 e. The monoisotopic (exact) mass is 270 g/mol. The molecule has 0 aliphatic carbocycles. The molecule has 0 aliphatic heterocycles. The molecule has 0 aromatic carbocycles. The zero-order chi connectivity index (χ0) is 13.9. The van der Waals surface area contributed by atoms with Gasteiger partial charge in [-0.05, 0) is 31.3 Å². The summed E-state index contributed by atoms with van der Waals surface area (Å²) in [4.78, 5) is 3.87. The van der Waals surface area contributed by atoms with Crippen LogP contribution in [0.2, 0.25) is 0 Å². The summed E-state index contributed by atoms with van der Waals surface area (Å²) in [5, 5.41) is 3.01. The Kier molecular flexibility index (Phi) is 3.90. The van der Waals surface area contributed by atoms with Crippen LogP contribution in [0.1, 0.15) is 23.1 Å². The Bertz CT molecular complexity index is 506. The second kappa shape index (κ2) is 5.44. The van der Waals surface area contributed by atoms with Gasteiger partial charge < -0.3 is 9.73 Å². The van der Waals surface area contributed by atoms with Crippen LogP contribution in [-0.4, -0.2) is 12.0 Å². The summed E-state index contributed by atoms with van der Waals surface area (Å²) >= 11 is 0. The molecule has 3 nitrogen and oxygen atoms in total. The van der Waals surface area contributed by atoms with Crippen molar-refractivity contribution < 1.29 is 17.6 Å². The highest BCUT2D eigenvalue weighted by molar-refractivity contribution is 5.20. The second-order valence-electron chi connectivity index (χ2n) is 4.09. The van der Waals surface area contributed by atoms with Gasteiger partial charge in [0.2, 0.25) is 0 Å². The van der Waals surface area contributed by atoms with Crippen molar-refractivity contribution in [2.75, 3.05) is 7.05 Å². The molecule has 6 heteroatoms. The molecule has 1 N–H and O–H groups in total. The summed E-state index contributed by atoms with van der Waals surface area (Å²) in [5.41, 5.74) is -0.198. The van der Waals surface area contributed by atoms with Gasteiger partial charge in [-0.2, -0.15) is 13.2 Å². The Morgan fingerprint density at radius 3 is 2.58 bits per heavy atom. The number of pyridine rings is 1. The van der Waals surface area contributed by atoms with E-state index in [9.17, 15) is 13.2 Å². The Hall–Kier alpha value is -1.82. The Morgan fingerprint density at radius 1 is 1.32 bits per heavy atom. The van der Waals surface area contributed by atoms with E-state index in [1.165, 1.54) is 6.07 Å². The molecule has 2 heterocycles. The fourth-order valence-corrected chi connectivity index (χ4v) is 1.76. The molecule has 0 radical (unpaired) electrons. The third-order valence-corrected chi connectivity index (χ3v) is 2.80. The molecule has 102 valence electrons. The number of alkyl halides is 3. The summed E-state index contributed by atoms with van der Waals surface area (Å²) in [7, 11) is 1.73. The van der Waals surface area contributed by atoms with E-state index in [1.807, 2.05) is 6.07 Å². The topological polar surface area (TPSA) is 38.1 Å². The fraction of sp³-hybridized carbons (Fsp3) is 0.308. The molecule has 19 heavy (non-hydrogen) atoms. The molecule has 0 aliphatic rings. The zero-order valence-electron chi connectivity index (χ0n) is 10.2. The normalized spacial score (nSPS) is 13.5. The van der Waals surface area contributed by atoms with E-state index >= 15 is 0 Å². The molecule has 0 saturated carbocycles. The predicted molar refractivity (Wildman–Crippen MR) is 63.5 cm³/mol. The second-order valence-corrected chi connectivity index (χ2v) is 4.09. The number of nitrogens with one attached hydrogen (secondary N) is 1. The lowest BCUT2D eigenvalue weighted by Crippen LogP contribution is -2.20. The smallest absolute Gasteiger partial charge is 0.417 e. The number of nitrogens with zero attached hydrogens (tertiary/aromatic N) is 1. The van der Waals surface area contributed by atoms with Crippen molar-refractivity contribution in [2.24, 2.45) is 0 Å². The van der Waals surface area contributed by atoms with Crippen molar-refractivity contribution in [3.8, 4) is 0 Å². The van der Waals surface area contributed by atoms with E-state index in [-0.39, 0.29) is 6.04 Å². The van der Waals surface area contributed by atoms with Crippen LogP contribution in [0.3, 0.4) is 0 Å². The Labute approximate surface area is 108 Å². The molecule has 1 atom stereocenters. The maximum Gasteiger partial charge on any atom is 0.417 e. The van der Waals surface area contributed by atoms with Gasteiger partial charge >= 0.3 is 6.18 Å². The van der Waals surface area contributed by atoms with Gasteiger partial charge in [0.25, 0.3) is 0 Å². The van der Waals surface area contributed by atoms with Crippen molar-refractivity contribution >= 4 is 0 Å². The zero-order valence-corrected chi connectivity index (χ0v) is 10.2. The molecule has 2 rings (SSSR count). The molecular formula is C13H13F3N2O. The lowest BCUT2D eigenvalue weighted by molar-refractivity contribution is -0.137. The van der Waals surface area contributed by atoms with Gasteiger partial charge in [0.15, 0.2) is 0 Å². The highest BCUT2D eigenvalue weighted by Crippen LogP contribution is 2.29. The summed E-state index contributed by atoms with van der Waals surface area (Å²) in [6, 6.07) is 5.81. The van der Waals surface area contributed by atoms with Crippen molar-refractivity contribution in [3.05, 3.63) is 53.7 Å². The van der Waals surface area contributed by atoms with E-state index in [2.05, 4.69) is 10.3 Å². The van der Waals surface area contributed by atoms with Gasteiger partial charge in [-0.1, -0.05) is 0 Å². The number of aromatic nitrogens is 1. The first kappa shape index (κ1) is 13.6. The van der Waals surface area contributed by atoms with Crippen LogP contribution >= 0.6 is 0 Å². The van der Waals surface area contributed by atoms with Crippen LogP contribution in [0.15, 0.2) is 41.1 Å². The van der Waals surface area contributed by atoms with Crippen LogP contribution in [0, 0.1) is 0 Å². The standard InChI is InChI=1S/C13H13F3N2O/c1-17-12(7-10-3-2-6-19-10)11-5-4-9(8-18-11)13(14,15)16/h2-6,8,12,17H,7H2,1H3. The van der Waals surface area contributed by atoms with E-state index in [1.54, 1.807) is 19.4 Å². The summed E-state index contributed by atoms with van der Waals surface area (Å²) in [6.07, 6.45) is -1.42. The molecule has 1 unspecified atom stereocenters. The van der Waals surface area contributed by atoms with Gasteiger partial charge in [0.1, 0.15) is 5.76 Å². The molecule has 0 amide bonds. The number of rotatable bonds is 4. The van der Waals surface area contributed by atoms with E-state index in [4.69, 9.17) is 4.42 Å². The predicted octanol–water partition coefficient (Wildman–Crippen LogP) is 3.20. The fourth-order valence-electron chi connectivity index (χ4n) is 1.76. The molecule has 0 saturated heterocycles. The number of hydrogen-bond donors (Lipinski definition) is 1. The minimum atomic E-state index is -4.36. The average molecular weight is 270 g/mol. The molecular weight excluding hydrogens is 257 g/mol. The van der Waals surface area contributed by atoms with Gasteiger partial charge in [-0.15, -0.1) is 0 Å². The maximum atomic E-state index is 12.4. The van der Waals surface area contributed by atoms with Crippen molar-refractivity contribution in [1.82, 2.24) is 10.3 Å². The molecule has 0 bridgehead atoms. The lowest BCUT2D eigenvalue weighted by Gasteiger charge is -2.15. The first-order valence-corrected chi connectivity index (χ1v) is 5.73. The number of halogens is 3. The van der Waals surface area contributed by atoms with Gasteiger partial charge in [-0.3, -0.25) is 4.98 Å². The highest BCUT2D eigenvalue weighted by atomic mass is 19.4. The van der Waals surface area contributed by atoms with Crippen LogP contribution in [-0.2, 0) is 12.6 Å². The molecule has 2 aromatic heterocycles. The van der Waals surface area contributed by atoms with E-state index in [0.717, 1.165) is 18.0 Å². The molecule has 0 fully saturated rings. The van der Waals surface area contributed by atoms with Gasteiger partial charge in [0, 0.05) is 12.6 Å². The third kappa shape index (κ3) is 3.35. The van der Waals surface area contributed by atoms with E-state index in [0.29, 0.717) is 12.1 Å². The highest BCUT2D eigenvalue weighted by Gasteiger charge is 2.30. The third-order valence-electron chi connectivity index (χ3n) is 2.80. The summed E-state index contributed by atoms with van der Waals surface area (Å²) < 4.78 is 42.5. The number of hydrogen-bond acceptors (Lipinski definition) is 3. The summed E-state index contributed by atoms with van der Waals surface area (Å²) in [6.45, 7) is 0. The minimum absolute atomic E-state index is 0.187. The van der Waals surface area contributed by atoms with Crippen molar-refractivity contribution in [2.45, 2.75) is 18.6 Å². The maximum absolute atomic E-state index is 12.4. The van der Waals surface area contributed by atoms with Crippen LogP contribution in [0.5, 0.6) is 0 Å². The van der Waals surface area contributed by atoms with Crippen molar-refractivity contribution in [1.29, 1.82) is 0 Å². The SMILES string of the molecule is CNC(Cc1ccco1)c1ccc(C(F)(F)F)cn1. The largest absolute Gasteiger partial charge is 0.469 e. The van der Waals surface area contributed by atoms with Crippen LogP contribution in [0.25, 0.3) is 0 Å².